The Morgan fingerprint density at radius 1 is 1.06 bits per heavy atom. The summed E-state index contributed by atoms with van der Waals surface area (Å²) in [6.07, 6.45) is 11.2. The maximum absolute atomic E-state index is 6.05. The van der Waals surface area contributed by atoms with Crippen molar-refractivity contribution in [3.8, 4) is 0 Å². The number of nitrogens with two attached hydrogens (primary N) is 1. The third-order valence-electron chi connectivity index (χ3n) is 4.68. The zero-order valence-corrected chi connectivity index (χ0v) is 11.2. The second kappa shape index (κ2) is 6.72. The van der Waals surface area contributed by atoms with E-state index in [2.05, 4.69) is 12.3 Å². The molecule has 3 heteroatoms. The minimum absolute atomic E-state index is 0.343. The number of hydrogen-bond donors (Lipinski definition) is 2. The molecule has 2 rings (SSSR count). The molecule has 0 saturated heterocycles. The largest absolute Gasteiger partial charge is 0.377 e. The Balaban J connectivity index is 1.97. The molecular weight excluding hydrogens is 212 g/mol. The average molecular weight is 240 g/mol. The smallest absolute Gasteiger partial charge is 0.0772 e. The first-order chi connectivity index (χ1) is 8.36. The Hall–Kier alpha value is -0.120. The molecule has 0 heterocycles. The van der Waals surface area contributed by atoms with Gasteiger partial charge in [-0.2, -0.15) is 0 Å². The van der Waals surface area contributed by atoms with Crippen molar-refractivity contribution in [1.82, 2.24) is 5.43 Å². The highest BCUT2D eigenvalue weighted by atomic mass is 16.5. The van der Waals surface area contributed by atoms with Gasteiger partial charge in [-0.3, -0.25) is 11.3 Å². The minimum Gasteiger partial charge on any atom is -0.377 e. The van der Waals surface area contributed by atoms with E-state index < -0.39 is 0 Å². The molecule has 0 aliphatic heterocycles. The highest BCUT2D eigenvalue weighted by molar-refractivity contribution is 4.91. The van der Waals surface area contributed by atoms with Crippen molar-refractivity contribution in [2.45, 2.75) is 70.4 Å². The van der Waals surface area contributed by atoms with Gasteiger partial charge in [0.15, 0.2) is 0 Å². The molecule has 0 spiro atoms. The summed E-state index contributed by atoms with van der Waals surface area (Å²) in [5, 5.41) is 0. The summed E-state index contributed by atoms with van der Waals surface area (Å²) in [6.45, 7) is 2.91. The first-order valence-corrected chi connectivity index (χ1v) is 7.44. The van der Waals surface area contributed by atoms with Crippen LogP contribution in [0.2, 0.25) is 0 Å². The standard InChI is InChI=1S/C14H28N2O/c1-2-17-14(12-7-4-3-5-8-12)13(16-15)11-9-6-10-11/h11-14,16H,2-10,15H2,1H3. The Morgan fingerprint density at radius 2 is 1.71 bits per heavy atom. The molecule has 100 valence electrons. The summed E-state index contributed by atoms with van der Waals surface area (Å²) in [7, 11) is 0. The molecule has 0 aromatic rings. The van der Waals surface area contributed by atoms with Crippen LogP contribution in [0.4, 0.5) is 0 Å². The van der Waals surface area contributed by atoms with E-state index in [1.165, 1.54) is 51.4 Å². The normalized spacial score (nSPS) is 26.5. The molecule has 2 fully saturated rings. The molecule has 0 radical (unpaired) electrons. The zero-order valence-electron chi connectivity index (χ0n) is 11.2. The topological polar surface area (TPSA) is 47.3 Å². The van der Waals surface area contributed by atoms with Crippen molar-refractivity contribution in [3.05, 3.63) is 0 Å². The van der Waals surface area contributed by atoms with Gasteiger partial charge in [-0.1, -0.05) is 25.7 Å². The SMILES string of the molecule is CCOC(C1CCCCC1)C(NN)C1CCC1. The monoisotopic (exact) mass is 240 g/mol. The van der Waals surface area contributed by atoms with Crippen LogP contribution in [-0.2, 0) is 4.74 Å². The highest BCUT2D eigenvalue weighted by Crippen LogP contribution is 2.37. The fourth-order valence-corrected chi connectivity index (χ4v) is 3.49. The first-order valence-electron chi connectivity index (χ1n) is 7.44. The lowest BCUT2D eigenvalue weighted by atomic mass is 9.73. The molecule has 3 N–H and O–H groups in total. The maximum atomic E-state index is 6.05. The highest BCUT2D eigenvalue weighted by Gasteiger charge is 2.37. The van der Waals surface area contributed by atoms with Crippen molar-refractivity contribution >= 4 is 0 Å². The molecule has 2 unspecified atom stereocenters. The number of rotatable bonds is 6. The van der Waals surface area contributed by atoms with E-state index in [0.29, 0.717) is 12.1 Å². The third-order valence-corrected chi connectivity index (χ3v) is 4.68. The van der Waals surface area contributed by atoms with Gasteiger partial charge in [0.25, 0.3) is 0 Å². The molecule has 0 aromatic heterocycles. The van der Waals surface area contributed by atoms with Crippen molar-refractivity contribution in [2.75, 3.05) is 6.61 Å². The Labute approximate surface area is 105 Å². The van der Waals surface area contributed by atoms with E-state index in [1.54, 1.807) is 0 Å². The van der Waals surface area contributed by atoms with Gasteiger partial charge in [0.05, 0.1) is 12.1 Å². The van der Waals surface area contributed by atoms with Crippen LogP contribution in [0.25, 0.3) is 0 Å². The van der Waals surface area contributed by atoms with Gasteiger partial charge in [0, 0.05) is 6.61 Å². The molecular formula is C14H28N2O. The third kappa shape index (κ3) is 3.21. The first kappa shape index (κ1) is 13.3. The summed E-state index contributed by atoms with van der Waals surface area (Å²) in [6, 6.07) is 0.381. The predicted molar refractivity (Wildman–Crippen MR) is 70.4 cm³/mol. The van der Waals surface area contributed by atoms with Crippen LogP contribution in [0.1, 0.15) is 58.3 Å². The van der Waals surface area contributed by atoms with Crippen LogP contribution in [0.5, 0.6) is 0 Å². The maximum Gasteiger partial charge on any atom is 0.0772 e. The lowest BCUT2D eigenvalue weighted by Crippen LogP contribution is -2.54. The molecule has 0 amide bonds. The molecule has 2 saturated carbocycles. The van der Waals surface area contributed by atoms with Crippen LogP contribution in [0.3, 0.4) is 0 Å². The van der Waals surface area contributed by atoms with E-state index >= 15 is 0 Å². The molecule has 17 heavy (non-hydrogen) atoms. The van der Waals surface area contributed by atoms with E-state index in [4.69, 9.17) is 10.6 Å². The fourth-order valence-electron chi connectivity index (χ4n) is 3.49. The Bertz CT molecular complexity index is 212. The molecule has 2 aliphatic carbocycles. The van der Waals surface area contributed by atoms with E-state index in [9.17, 15) is 0 Å². The number of ether oxygens (including phenoxy) is 1. The molecule has 0 aromatic carbocycles. The lowest BCUT2D eigenvalue weighted by molar-refractivity contribution is -0.0410. The van der Waals surface area contributed by atoms with Gasteiger partial charge < -0.3 is 4.74 Å². The Kier molecular flexibility index (Phi) is 5.26. The summed E-state index contributed by atoms with van der Waals surface area (Å²) < 4.78 is 6.05. The van der Waals surface area contributed by atoms with E-state index in [0.717, 1.165) is 18.4 Å². The van der Waals surface area contributed by atoms with Crippen LogP contribution >= 0.6 is 0 Å². The second-order valence-electron chi connectivity index (χ2n) is 5.70. The van der Waals surface area contributed by atoms with Gasteiger partial charge >= 0.3 is 0 Å². The van der Waals surface area contributed by atoms with Gasteiger partial charge in [-0.15, -0.1) is 0 Å². The van der Waals surface area contributed by atoms with Crippen LogP contribution in [0, 0.1) is 11.8 Å². The van der Waals surface area contributed by atoms with Crippen molar-refractivity contribution in [3.63, 3.8) is 0 Å². The van der Waals surface area contributed by atoms with E-state index in [1.807, 2.05) is 0 Å². The van der Waals surface area contributed by atoms with Crippen LogP contribution in [0.15, 0.2) is 0 Å². The lowest BCUT2D eigenvalue weighted by Gasteiger charge is -2.42. The summed E-state index contributed by atoms with van der Waals surface area (Å²) in [4.78, 5) is 0. The quantitative estimate of drug-likeness (QED) is 0.554. The number of hydrogen-bond acceptors (Lipinski definition) is 3. The van der Waals surface area contributed by atoms with Gasteiger partial charge in [-0.25, -0.2) is 0 Å². The van der Waals surface area contributed by atoms with E-state index in [-0.39, 0.29) is 0 Å². The van der Waals surface area contributed by atoms with Crippen LogP contribution < -0.4 is 11.3 Å². The fraction of sp³-hybridized carbons (Fsp3) is 1.00. The zero-order chi connectivity index (χ0) is 12.1. The second-order valence-corrected chi connectivity index (χ2v) is 5.70. The molecule has 2 atom stereocenters. The summed E-state index contributed by atoms with van der Waals surface area (Å²) in [5.41, 5.74) is 3.06. The Morgan fingerprint density at radius 3 is 2.18 bits per heavy atom. The van der Waals surface area contributed by atoms with Gasteiger partial charge in [-0.05, 0) is 44.4 Å². The van der Waals surface area contributed by atoms with Gasteiger partial charge in [0.2, 0.25) is 0 Å². The average Bonchev–Trinajstić information content (AvgIpc) is 2.32. The van der Waals surface area contributed by atoms with Crippen LogP contribution in [-0.4, -0.2) is 18.8 Å². The summed E-state index contributed by atoms with van der Waals surface area (Å²) in [5.74, 6) is 7.27. The van der Waals surface area contributed by atoms with Crippen molar-refractivity contribution < 1.29 is 4.74 Å². The molecule has 0 bridgehead atoms. The van der Waals surface area contributed by atoms with Crippen molar-refractivity contribution in [1.29, 1.82) is 0 Å². The minimum atomic E-state index is 0.343. The van der Waals surface area contributed by atoms with Gasteiger partial charge in [0.1, 0.15) is 0 Å². The molecule has 2 aliphatic rings. The summed E-state index contributed by atoms with van der Waals surface area (Å²) >= 11 is 0. The predicted octanol–water partition coefficient (Wildman–Crippen LogP) is 2.60. The number of nitrogens with one attached hydrogen (secondary N) is 1. The van der Waals surface area contributed by atoms with Crippen molar-refractivity contribution in [2.24, 2.45) is 17.7 Å². The number of hydrazine groups is 1. The molecule has 3 nitrogen and oxygen atoms in total.